The molecule has 0 aromatic rings. The number of nitrogens with zero attached hydrogens (tertiary/aromatic N) is 4. The van der Waals surface area contributed by atoms with Crippen molar-refractivity contribution in [3.05, 3.63) is 0 Å². The lowest BCUT2D eigenvalue weighted by molar-refractivity contribution is -0.138. The Morgan fingerprint density at radius 1 is 1.00 bits per heavy atom. The van der Waals surface area contributed by atoms with Gasteiger partial charge in [-0.1, -0.05) is 0 Å². The van der Waals surface area contributed by atoms with Gasteiger partial charge in [-0.3, -0.25) is 14.6 Å². The van der Waals surface area contributed by atoms with Gasteiger partial charge in [0.05, 0.1) is 6.54 Å². The molecule has 0 aliphatic rings. The zero-order chi connectivity index (χ0) is 18.8. The molecule has 140 valence electrons. The Morgan fingerprint density at radius 2 is 1.50 bits per heavy atom. The minimum atomic E-state index is -0.816. The largest absolute Gasteiger partial charge is 0.480 e. The molecule has 0 aromatic heterocycles. The van der Waals surface area contributed by atoms with Gasteiger partial charge < -0.3 is 14.7 Å². The van der Waals surface area contributed by atoms with E-state index in [1.807, 2.05) is 19.0 Å². The number of aliphatic carboxylic acids is 1. The quantitative estimate of drug-likeness (QED) is 0.589. The van der Waals surface area contributed by atoms with E-state index in [-0.39, 0.29) is 6.54 Å². The molecular weight excluding hydrogens is 312 g/mol. The molecule has 1 N–H and O–H groups in total. The number of carbonyl (C=O) groups is 2. The predicted molar refractivity (Wildman–Crippen MR) is 94.9 cm³/mol. The van der Waals surface area contributed by atoms with Crippen molar-refractivity contribution in [2.45, 2.75) is 26.4 Å². The Labute approximate surface area is 145 Å². The smallest absolute Gasteiger partial charge is 0.433 e. The molecule has 1 amide bonds. The van der Waals surface area contributed by atoms with Gasteiger partial charge in [0.2, 0.25) is 0 Å². The summed E-state index contributed by atoms with van der Waals surface area (Å²) in [5.41, 5.74) is -0.531. The van der Waals surface area contributed by atoms with Crippen LogP contribution in [0.1, 0.15) is 20.8 Å². The van der Waals surface area contributed by atoms with Crippen LogP contribution >= 0.6 is 0 Å². The van der Waals surface area contributed by atoms with Crippen LogP contribution in [0.3, 0.4) is 0 Å². The minimum absolute atomic E-state index is 0.0505. The van der Waals surface area contributed by atoms with Gasteiger partial charge in [0.15, 0.2) is 0 Å². The van der Waals surface area contributed by atoms with E-state index in [1.54, 1.807) is 38.9 Å². The third-order valence-corrected chi connectivity index (χ3v) is 3.12. The van der Waals surface area contributed by atoms with Crippen LogP contribution in [0, 0.1) is 0 Å². The number of ether oxygens (including phenoxy) is 1. The van der Waals surface area contributed by atoms with Gasteiger partial charge in [-0.2, -0.15) is 4.99 Å². The van der Waals surface area contributed by atoms with Crippen LogP contribution < -0.4 is 0 Å². The zero-order valence-corrected chi connectivity index (χ0v) is 15.8. The van der Waals surface area contributed by atoms with Crippen LogP contribution in [0.15, 0.2) is 4.99 Å². The second-order valence-corrected chi connectivity index (χ2v) is 6.99. The predicted octanol–water partition coefficient (Wildman–Crippen LogP) is 0.872. The Kier molecular flexibility index (Phi) is 10.4. The van der Waals surface area contributed by atoms with Crippen LogP contribution in [-0.2, 0) is 9.53 Å². The van der Waals surface area contributed by atoms with E-state index in [0.29, 0.717) is 13.1 Å². The highest BCUT2D eigenvalue weighted by atomic mass is 16.6. The fraction of sp³-hybridized carbons (Fsp3) is 0.812. The van der Waals surface area contributed by atoms with E-state index < -0.39 is 17.7 Å². The number of amides is 1. The Morgan fingerprint density at radius 3 is 2.00 bits per heavy atom. The number of carboxylic acid groups (broad SMARTS) is 1. The van der Waals surface area contributed by atoms with Gasteiger partial charge in [0.1, 0.15) is 5.60 Å². The molecule has 0 aliphatic carbocycles. The number of aliphatic imine (C=N–C) groups is 1. The fourth-order valence-corrected chi connectivity index (χ4v) is 1.74. The van der Waals surface area contributed by atoms with Crippen molar-refractivity contribution in [2.75, 3.05) is 60.4 Å². The molecule has 0 fully saturated rings. The molecule has 0 heterocycles. The van der Waals surface area contributed by atoms with Gasteiger partial charge in [-0.15, -0.1) is 0 Å². The van der Waals surface area contributed by atoms with Crippen LogP contribution in [0.4, 0.5) is 4.79 Å². The van der Waals surface area contributed by atoms with Gasteiger partial charge in [-0.05, 0) is 41.9 Å². The summed E-state index contributed by atoms with van der Waals surface area (Å²) >= 11 is 0. The van der Waals surface area contributed by atoms with Gasteiger partial charge in [0, 0.05) is 38.9 Å². The number of carbonyl (C=O) groups excluding carboxylic acids is 1. The van der Waals surface area contributed by atoms with Crippen LogP contribution in [0.2, 0.25) is 0 Å². The second-order valence-electron chi connectivity index (χ2n) is 6.99. The third-order valence-electron chi connectivity index (χ3n) is 3.12. The number of carboxylic acids is 1. The van der Waals surface area contributed by atoms with Crippen LogP contribution in [0.5, 0.6) is 0 Å². The van der Waals surface area contributed by atoms with Gasteiger partial charge in [0.25, 0.3) is 0 Å². The Bertz CT molecular complexity index is 421. The molecule has 0 aromatic carbocycles. The fourth-order valence-electron chi connectivity index (χ4n) is 1.74. The average Bonchev–Trinajstić information content (AvgIpc) is 2.40. The lowest BCUT2D eigenvalue weighted by atomic mass is 10.2. The standard InChI is InChI=1S/C16H32N4O4/c1-16(2,3)24-15(23)17-7-8-18(4)9-10-19(5)11-12-20(6)13-14(21)22/h7H,8-13H2,1-6H3,(H,21,22). The van der Waals surface area contributed by atoms with Crippen molar-refractivity contribution < 1.29 is 19.4 Å². The molecule has 8 heteroatoms. The summed E-state index contributed by atoms with van der Waals surface area (Å²) < 4.78 is 5.09. The lowest BCUT2D eigenvalue weighted by Crippen LogP contribution is -2.37. The van der Waals surface area contributed by atoms with Gasteiger partial charge >= 0.3 is 12.1 Å². The zero-order valence-electron chi connectivity index (χ0n) is 15.8. The first-order chi connectivity index (χ1) is 11.0. The Hall–Kier alpha value is -1.51. The maximum Gasteiger partial charge on any atom is 0.433 e. The minimum Gasteiger partial charge on any atom is -0.480 e. The van der Waals surface area contributed by atoms with E-state index in [9.17, 15) is 9.59 Å². The van der Waals surface area contributed by atoms with Crippen molar-refractivity contribution in [2.24, 2.45) is 4.99 Å². The van der Waals surface area contributed by atoms with E-state index in [0.717, 1.165) is 19.6 Å². The second kappa shape index (κ2) is 11.1. The molecule has 0 bridgehead atoms. The maximum absolute atomic E-state index is 11.4. The molecule has 0 rings (SSSR count). The molecule has 24 heavy (non-hydrogen) atoms. The lowest BCUT2D eigenvalue weighted by Gasteiger charge is -2.23. The topological polar surface area (TPSA) is 85.7 Å². The summed E-state index contributed by atoms with van der Waals surface area (Å²) in [6.07, 6.45) is 0.976. The number of hydrogen-bond donors (Lipinski definition) is 1. The van der Waals surface area contributed by atoms with E-state index in [2.05, 4.69) is 9.89 Å². The molecular formula is C16H32N4O4. The highest BCUT2D eigenvalue weighted by Gasteiger charge is 2.14. The average molecular weight is 344 g/mol. The highest BCUT2D eigenvalue weighted by molar-refractivity contribution is 5.80. The first kappa shape index (κ1) is 22.5. The third kappa shape index (κ3) is 14.1. The molecule has 0 aliphatic heterocycles. The molecule has 0 spiro atoms. The molecule has 0 saturated carbocycles. The van der Waals surface area contributed by atoms with Crippen molar-refractivity contribution >= 4 is 18.3 Å². The summed E-state index contributed by atoms with van der Waals surface area (Å²) in [6, 6.07) is 0. The molecule has 8 nitrogen and oxygen atoms in total. The van der Waals surface area contributed by atoms with Crippen LogP contribution in [-0.4, -0.2) is 104 Å². The first-order valence-corrected chi connectivity index (χ1v) is 8.02. The summed E-state index contributed by atoms with van der Waals surface area (Å²) in [5, 5.41) is 8.70. The number of rotatable bonds is 10. The van der Waals surface area contributed by atoms with E-state index in [1.165, 1.54) is 0 Å². The van der Waals surface area contributed by atoms with Crippen molar-refractivity contribution in [1.82, 2.24) is 14.7 Å². The Balaban J connectivity index is 3.90. The van der Waals surface area contributed by atoms with Crippen LogP contribution in [0.25, 0.3) is 0 Å². The molecule has 0 unspecified atom stereocenters. The number of likely N-dealkylation sites (N-methyl/N-ethyl adjacent to an activating group) is 3. The van der Waals surface area contributed by atoms with E-state index in [4.69, 9.17) is 9.84 Å². The summed E-state index contributed by atoms with van der Waals surface area (Å²) in [4.78, 5) is 31.7. The first-order valence-electron chi connectivity index (χ1n) is 8.02. The monoisotopic (exact) mass is 344 g/mol. The van der Waals surface area contributed by atoms with Crippen molar-refractivity contribution in [1.29, 1.82) is 0 Å². The molecule has 0 atom stereocenters. The summed E-state index contributed by atoms with van der Waals surface area (Å²) in [6.45, 7) is 9.18. The number of hydrogen-bond acceptors (Lipinski definition) is 6. The highest BCUT2D eigenvalue weighted by Crippen LogP contribution is 2.07. The van der Waals surface area contributed by atoms with E-state index >= 15 is 0 Å². The normalized spacial score (nSPS) is 12.5. The SMILES string of the molecule is CN(CC=NC(=O)OC(C)(C)C)CCN(C)CCN(C)CC(=O)O. The maximum atomic E-state index is 11.4. The van der Waals surface area contributed by atoms with Crippen molar-refractivity contribution in [3.63, 3.8) is 0 Å². The summed E-state index contributed by atoms with van der Waals surface area (Å²) in [5.74, 6) is -0.816. The van der Waals surface area contributed by atoms with Gasteiger partial charge in [-0.25, -0.2) is 4.79 Å². The van der Waals surface area contributed by atoms with Crippen molar-refractivity contribution in [3.8, 4) is 0 Å². The molecule has 0 saturated heterocycles. The summed E-state index contributed by atoms with van der Waals surface area (Å²) in [7, 11) is 5.74. The molecule has 0 radical (unpaired) electrons.